The second-order valence-corrected chi connectivity index (χ2v) is 4.28. The molecule has 0 amide bonds. The van der Waals surface area contributed by atoms with Gasteiger partial charge in [-0.15, -0.1) is 0 Å². The zero-order chi connectivity index (χ0) is 13.4. The first-order chi connectivity index (χ1) is 8.45. The Morgan fingerprint density at radius 3 is 2.61 bits per heavy atom. The molecule has 0 spiro atoms. The van der Waals surface area contributed by atoms with Crippen LogP contribution in [0, 0.1) is 0 Å². The van der Waals surface area contributed by atoms with Crippen molar-refractivity contribution in [3.8, 4) is 0 Å². The van der Waals surface area contributed by atoms with Crippen LogP contribution in [0.25, 0.3) is 0 Å². The lowest BCUT2D eigenvalue weighted by Gasteiger charge is -2.17. The van der Waals surface area contributed by atoms with Gasteiger partial charge in [-0.2, -0.15) is 0 Å². The van der Waals surface area contributed by atoms with E-state index in [2.05, 4.69) is 0 Å². The lowest BCUT2D eigenvalue weighted by atomic mass is 10.1. The van der Waals surface area contributed by atoms with Gasteiger partial charge in [0.25, 0.3) is 5.56 Å². The highest BCUT2D eigenvalue weighted by atomic mass is 35.5. The van der Waals surface area contributed by atoms with Crippen LogP contribution in [0.2, 0.25) is 5.02 Å². The molecule has 4 atom stereocenters. The molecule has 1 fully saturated rings. The number of aliphatic hydroxyl groups is 3. The van der Waals surface area contributed by atoms with Gasteiger partial charge in [0.05, 0.1) is 6.61 Å². The van der Waals surface area contributed by atoms with Crippen molar-refractivity contribution in [2.45, 2.75) is 24.5 Å². The average Bonchev–Trinajstić information content (AvgIpc) is 2.61. The summed E-state index contributed by atoms with van der Waals surface area (Å²) in [4.78, 5) is 24.6. The summed E-state index contributed by atoms with van der Waals surface area (Å²) in [6, 6.07) is 0. The Morgan fingerprint density at radius 1 is 1.39 bits per heavy atom. The summed E-state index contributed by atoms with van der Waals surface area (Å²) in [5.74, 6) is 0. The molecule has 0 bridgehead atoms. The smallest absolute Gasteiger partial charge is 0.330 e. The van der Waals surface area contributed by atoms with Crippen molar-refractivity contribution >= 4 is 11.6 Å². The summed E-state index contributed by atoms with van der Waals surface area (Å²) in [5, 5.41) is 27.9. The van der Waals surface area contributed by atoms with Crippen LogP contribution in [-0.4, -0.2) is 49.8 Å². The highest BCUT2D eigenvalue weighted by Gasteiger charge is 2.43. The van der Waals surface area contributed by atoms with E-state index in [1.54, 1.807) is 0 Å². The number of aromatic nitrogens is 2. The molecule has 0 aromatic carbocycles. The Kier molecular flexibility index (Phi) is 3.55. The molecule has 0 unspecified atom stereocenters. The molecule has 1 aliphatic rings. The number of nitrogens with zero attached hydrogens (tertiary/aromatic N) is 1. The van der Waals surface area contributed by atoms with Crippen LogP contribution in [0.4, 0.5) is 0 Å². The molecule has 1 aromatic rings. The lowest BCUT2D eigenvalue weighted by Crippen LogP contribution is -2.38. The maximum absolute atomic E-state index is 11.5. The normalized spacial score (nSPS) is 31.8. The molecule has 0 radical (unpaired) electrons. The molecule has 1 saturated heterocycles. The van der Waals surface area contributed by atoms with Gasteiger partial charge in [-0.3, -0.25) is 14.3 Å². The van der Waals surface area contributed by atoms with Gasteiger partial charge in [0.15, 0.2) is 6.23 Å². The van der Waals surface area contributed by atoms with Crippen molar-refractivity contribution < 1.29 is 20.1 Å². The van der Waals surface area contributed by atoms with Crippen LogP contribution in [-0.2, 0) is 4.74 Å². The van der Waals surface area contributed by atoms with E-state index in [0.717, 1.165) is 10.8 Å². The monoisotopic (exact) mass is 278 g/mol. The third kappa shape index (κ3) is 2.08. The third-order valence-electron chi connectivity index (χ3n) is 2.72. The molecule has 18 heavy (non-hydrogen) atoms. The van der Waals surface area contributed by atoms with Crippen molar-refractivity contribution in [1.29, 1.82) is 0 Å². The van der Waals surface area contributed by atoms with Crippen molar-refractivity contribution in [3.05, 3.63) is 32.1 Å². The second-order valence-electron chi connectivity index (χ2n) is 3.87. The SMILES string of the molecule is O=c1[nH]c(=O)n([C@H]2O[C@@H](CO)[C@@H](O)[C@@H]2O)cc1Cl. The van der Waals surface area contributed by atoms with Crippen molar-refractivity contribution in [2.24, 2.45) is 0 Å². The zero-order valence-electron chi connectivity index (χ0n) is 8.99. The van der Waals surface area contributed by atoms with E-state index >= 15 is 0 Å². The van der Waals surface area contributed by atoms with Gasteiger partial charge in [0, 0.05) is 6.20 Å². The summed E-state index contributed by atoms with van der Waals surface area (Å²) in [6.45, 7) is -0.513. The summed E-state index contributed by atoms with van der Waals surface area (Å²) in [5.41, 5.74) is -1.59. The van der Waals surface area contributed by atoms with E-state index in [4.69, 9.17) is 21.4 Å². The van der Waals surface area contributed by atoms with E-state index < -0.39 is 42.4 Å². The van der Waals surface area contributed by atoms with Gasteiger partial charge in [0.1, 0.15) is 23.3 Å². The van der Waals surface area contributed by atoms with E-state index in [-0.39, 0.29) is 5.02 Å². The Hall–Kier alpha value is -1.19. The number of ether oxygens (including phenoxy) is 1. The summed E-state index contributed by atoms with van der Waals surface area (Å²) < 4.78 is 5.98. The molecule has 1 aromatic heterocycles. The molecule has 100 valence electrons. The maximum atomic E-state index is 11.5. The van der Waals surface area contributed by atoms with Crippen LogP contribution in [0.3, 0.4) is 0 Å². The Morgan fingerprint density at radius 2 is 2.06 bits per heavy atom. The molecule has 9 heteroatoms. The number of halogens is 1. The summed E-state index contributed by atoms with van der Waals surface area (Å²) in [6.07, 6.45) is -3.98. The first kappa shape index (κ1) is 13.2. The molecule has 2 rings (SSSR count). The van der Waals surface area contributed by atoms with Crippen molar-refractivity contribution in [1.82, 2.24) is 9.55 Å². The zero-order valence-corrected chi connectivity index (χ0v) is 9.74. The molecule has 4 N–H and O–H groups in total. The topological polar surface area (TPSA) is 125 Å². The molecular weight excluding hydrogens is 268 g/mol. The minimum Gasteiger partial charge on any atom is -0.394 e. The maximum Gasteiger partial charge on any atom is 0.330 e. The van der Waals surface area contributed by atoms with Crippen LogP contribution in [0.5, 0.6) is 0 Å². The summed E-state index contributed by atoms with van der Waals surface area (Å²) in [7, 11) is 0. The fourth-order valence-corrected chi connectivity index (χ4v) is 1.91. The molecular formula is C9H11ClN2O6. The highest BCUT2D eigenvalue weighted by Crippen LogP contribution is 2.28. The molecule has 0 aliphatic carbocycles. The van der Waals surface area contributed by atoms with E-state index in [1.807, 2.05) is 4.98 Å². The number of aliphatic hydroxyl groups excluding tert-OH is 3. The van der Waals surface area contributed by atoms with Crippen molar-refractivity contribution in [2.75, 3.05) is 6.61 Å². The molecule has 8 nitrogen and oxygen atoms in total. The van der Waals surface area contributed by atoms with Crippen LogP contribution in [0.1, 0.15) is 6.23 Å². The minimum absolute atomic E-state index is 0.257. The predicted molar refractivity (Wildman–Crippen MR) is 59.3 cm³/mol. The van der Waals surface area contributed by atoms with Gasteiger partial charge in [-0.05, 0) is 0 Å². The van der Waals surface area contributed by atoms with Gasteiger partial charge in [0.2, 0.25) is 0 Å². The first-order valence-electron chi connectivity index (χ1n) is 5.09. The van der Waals surface area contributed by atoms with Gasteiger partial charge >= 0.3 is 5.69 Å². The first-order valence-corrected chi connectivity index (χ1v) is 5.47. The van der Waals surface area contributed by atoms with Crippen LogP contribution >= 0.6 is 11.6 Å². The van der Waals surface area contributed by atoms with E-state index in [1.165, 1.54) is 0 Å². The lowest BCUT2D eigenvalue weighted by molar-refractivity contribution is -0.0550. The van der Waals surface area contributed by atoms with Gasteiger partial charge in [-0.1, -0.05) is 11.6 Å². The third-order valence-corrected chi connectivity index (χ3v) is 2.98. The largest absolute Gasteiger partial charge is 0.394 e. The van der Waals surface area contributed by atoms with E-state index in [9.17, 15) is 19.8 Å². The Balaban J connectivity index is 2.42. The van der Waals surface area contributed by atoms with Crippen LogP contribution in [0.15, 0.2) is 15.8 Å². The average molecular weight is 279 g/mol. The predicted octanol–water partition coefficient (Wildman–Crippen LogP) is -2.20. The second kappa shape index (κ2) is 4.82. The molecule has 0 saturated carbocycles. The highest BCUT2D eigenvalue weighted by molar-refractivity contribution is 6.30. The Labute approximate surface area is 105 Å². The number of nitrogens with one attached hydrogen (secondary N) is 1. The number of hydrogen-bond acceptors (Lipinski definition) is 6. The quantitative estimate of drug-likeness (QED) is 0.487. The number of hydrogen-bond donors (Lipinski definition) is 4. The number of aromatic amines is 1. The minimum atomic E-state index is -1.41. The Bertz CT molecular complexity index is 555. The van der Waals surface area contributed by atoms with Gasteiger partial charge < -0.3 is 20.1 Å². The molecule has 2 heterocycles. The van der Waals surface area contributed by atoms with E-state index in [0.29, 0.717) is 0 Å². The summed E-state index contributed by atoms with van der Waals surface area (Å²) >= 11 is 5.57. The molecule has 1 aliphatic heterocycles. The fraction of sp³-hybridized carbons (Fsp3) is 0.556. The number of rotatable bonds is 2. The van der Waals surface area contributed by atoms with Crippen molar-refractivity contribution in [3.63, 3.8) is 0 Å². The van der Waals surface area contributed by atoms with Crippen LogP contribution < -0.4 is 11.2 Å². The standard InChI is InChI=1S/C9H11ClN2O6/c10-3-1-12(9(17)11-7(3)16)8-6(15)5(14)4(2-13)18-8/h1,4-6,8,13-15H,2H2,(H,11,16,17)/t4-,5+,6-,8-/m0/s1. The fourth-order valence-electron chi connectivity index (χ4n) is 1.76. The number of H-pyrrole nitrogens is 1. The van der Waals surface area contributed by atoms with Gasteiger partial charge in [-0.25, -0.2) is 4.79 Å².